The highest BCUT2D eigenvalue weighted by atomic mass is 19.4. The molecule has 0 aliphatic carbocycles. The summed E-state index contributed by atoms with van der Waals surface area (Å²) in [6, 6.07) is 20.8. The van der Waals surface area contributed by atoms with Crippen molar-refractivity contribution in [1.82, 2.24) is 0 Å². The molecule has 0 aromatic heterocycles. The summed E-state index contributed by atoms with van der Waals surface area (Å²) in [6.07, 6.45) is -9.98. The lowest BCUT2D eigenvalue weighted by Crippen LogP contribution is -2.33. The molecular formula is C32H25F6NO. The molecule has 0 amide bonds. The van der Waals surface area contributed by atoms with Gasteiger partial charge in [-0.05, 0) is 68.1 Å². The predicted octanol–water partition coefficient (Wildman–Crippen LogP) is 8.64. The first-order valence-electron chi connectivity index (χ1n) is 12.5. The molecule has 0 heterocycles. The van der Waals surface area contributed by atoms with E-state index in [1.807, 2.05) is 39.3 Å². The maximum absolute atomic E-state index is 13.8. The molecular weight excluding hydrogens is 528 g/mol. The van der Waals surface area contributed by atoms with Crippen molar-refractivity contribution in [1.29, 1.82) is 0 Å². The largest absolute Gasteiger partial charge is 0.872 e. The van der Waals surface area contributed by atoms with Gasteiger partial charge in [-0.3, -0.25) is 0 Å². The van der Waals surface area contributed by atoms with Crippen LogP contribution in [-0.2, 0) is 18.9 Å². The quantitative estimate of drug-likeness (QED) is 0.161. The minimum absolute atomic E-state index is 0.130. The van der Waals surface area contributed by atoms with E-state index < -0.39 is 23.5 Å². The summed E-state index contributed by atoms with van der Waals surface area (Å²) < 4.78 is 83.3. The monoisotopic (exact) mass is 553 g/mol. The zero-order valence-corrected chi connectivity index (χ0v) is 21.9. The van der Waals surface area contributed by atoms with Crippen LogP contribution in [0.3, 0.4) is 0 Å². The molecule has 5 rings (SSSR count). The second kappa shape index (κ2) is 9.55. The highest BCUT2D eigenvalue weighted by molar-refractivity contribution is 6.10. The molecule has 5 aromatic carbocycles. The lowest BCUT2D eigenvalue weighted by molar-refractivity contribution is -0.883. The summed E-state index contributed by atoms with van der Waals surface area (Å²) in [5.41, 5.74) is -1.42. The Morgan fingerprint density at radius 3 is 1.70 bits per heavy atom. The maximum atomic E-state index is 13.8. The number of fused-ring (bicyclic) bond motifs is 2. The average molecular weight is 554 g/mol. The second-order valence-corrected chi connectivity index (χ2v) is 10.9. The standard InChI is InChI=1S/C32H25F6NO/c1-39(2,3)18-27-26(21-14-22(31(33,34)35)17-23(15-21)32(36,37)38)16-20-9-5-7-11-25(20)29(27)30-24-10-6-4-8-19(24)12-13-28(30)40/h4-17H,18H2,1-3H3. The van der Waals surface area contributed by atoms with Gasteiger partial charge in [0.2, 0.25) is 0 Å². The highest BCUT2D eigenvalue weighted by Gasteiger charge is 2.37. The summed E-state index contributed by atoms with van der Waals surface area (Å²) in [5, 5.41) is 16.2. The minimum Gasteiger partial charge on any atom is -0.872 e. The van der Waals surface area contributed by atoms with Crippen LogP contribution < -0.4 is 5.11 Å². The van der Waals surface area contributed by atoms with E-state index in [9.17, 15) is 31.4 Å². The van der Waals surface area contributed by atoms with Crippen LogP contribution >= 0.6 is 0 Å². The Morgan fingerprint density at radius 2 is 1.15 bits per heavy atom. The van der Waals surface area contributed by atoms with Gasteiger partial charge in [0.25, 0.3) is 0 Å². The van der Waals surface area contributed by atoms with Crippen LogP contribution in [0.1, 0.15) is 16.7 Å². The molecule has 0 saturated carbocycles. The fourth-order valence-corrected chi connectivity index (χ4v) is 5.19. The van der Waals surface area contributed by atoms with Gasteiger partial charge in [0.05, 0.1) is 32.3 Å². The van der Waals surface area contributed by atoms with Gasteiger partial charge >= 0.3 is 12.4 Å². The third-order valence-electron chi connectivity index (χ3n) is 6.83. The summed E-state index contributed by atoms with van der Waals surface area (Å²) in [6.45, 7) is 0.232. The van der Waals surface area contributed by atoms with Crippen LogP contribution in [-0.4, -0.2) is 25.6 Å². The van der Waals surface area contributed by atoms with E-state index in [0.29, 0.717) is 37.3 Å². The molecule has 0 bridgehead atoms. The van der Waals surface area contributed by atoms with Gasteiger partial charge in [0.15, 0.2) is 0 Å². The van der Waals surface area contributed by atoms with Gasteiger partial charge in [-0.25, -0.2) is 0 Å². The summed E-state index contributed by atoms with van der Waals surface area (Å²) in [4.78, 5) is 0. The molecule has 2 nitrogen and oxygen atoms in total. The van der Waals surface area contributed by atoms with E-state index in [1.54, 1.807) is 42.5 Å². The Kier molecular flexibility index (Phi) is 6.57. The Hall–Kier alpha value is -4.04. The third kappa shape index (κ3) is 5.23. The van der Waals surface area contributed by atoms with Crippen molar-refractivity contribution in [3.8, 4) is 28.0 Å². The smallest absolute Gasteiger partial charge is 0.416 e. The topological polar surface area (TPSA) is 23.1 Å². The summed E-state index contributed by atoms with van der Waals surface area (Å²) >= 11 is 0. The second-order valence-electron chi connectivity index (χ2n) is 10.9. The van der Waals surface area contributed by atoms with E-state index >= 15 is 0 Å². The van der Waals surface area contributed by atoms with Crippen LogP contribution in [0.15, 0.2) is 84.9 Å². The molecule has 206 valence electrons. The van der Waals surface area contributed by atoms with E-state index in [-0.39, 0.29) is 29.5 Å². The lowest BCUT2D eigenvalue weighted by Gasteiger charge is -2.30. The number of rotatable bonds is 4. The Balaban J connectivity index is 1.99. The average Bonchev–Trinajstić information content (AvgIpc) is 2.87. The van der Waals surface area contributed by atoms with Crippen LogP contribution in [0.5, 0.6) is 5.75 Å². The Bertz CT molecular complexity index is 1710. The van der Waals surface area contributed by atoms with E-state index in [4.69, 9.17) is 0 Å². The molecule has 0 radical (unpaired) electrons. The van der Waals surface area contributed by atoms with Gasteiger partial charge in [-0.2, -0.15) is 26.3 Å². The Labute approximate surface area is 227 Å². The van der Waals surface area contributed by atoms with Crippen molar-refractivity contribution in [2.75, 3.05) is 21.1 Å². The summed E-state index contributed by atoms with van der Waals surface area (Å²) in [5.74, 6) is -0.288. The van der Waals surface area contributed by atoms with Crippen LogP contribution in [0.25, 0.3) is 43.8 Å². The van der Waals surface area contributed by atoms with Gasteiger partial charge in [-0.1, -0.05) is 60.7 Å². The molecule has 0 aliphatic rings. The van der Waals surface area contributed by atoms with E-state index in [2.05, 4.69) is 0 Å². The van der Waals surface area contributed by atoms with Gasteiger partial charge in [-0.15, -0.1) is 5.75 Å². The maximum Gasteiger partial charge on any atom is 0.416 e. The number of hydrogen-bond donors (Lipinski definition) is 0. The zero-order chi connectivity index (χ0) is 29.0. The molecule has 0 atom stereocenters. The first-order chi connectivity index (χ1) is 18.6. The first-order valence-corrected chi connectivity index (χ1v) is 12.5. The molecule has 8 heteroatoms. The van der Waals surface area contributed by atoms with E-state index in [1.165, 1.54) is 6.07 Å². The van der Waals surface area contributed by atoms with Crippen molar-refractivity contribution in [2.45, 2.75) is 18.9 Å². The van der Waals surface area contributed by atoms with Crippen LogP contribution in [0.2, 0.25) is 0 Å². The lowest BCUT2D eigenvalue weighted by atomic mass is 9.84. The molecule has 0 unspecified atom stereocenters. The number of alkyl halides is 6. The number of hydrogen-bond acceptors (Lipinski definition) is 1. The molecule has 0 fully saturated rings. The van der Waals surface area contributed by atoms with Crippen LogP contribution in [0.4, 0.5) is 26.3 Å². The van der Waals surface area contributed by atoms with Gasteiger partial charge in [0.1, 0.15) is 6.54 Å². The fraction of sp³-hybridized carbons (Fsp3) is 0.188. The minimum atomic E-state index is -4.99. The molecule has 0 spiro atoms. The van der Waals surface area contributed by atoms with Crippen molar-refractivity contribution in [2.24, 2.45) is 0 Å². The summed E-state index contributed by atoms with van der Waals surface area (Å²) in [7, 11) is 5.62. The third-order valence-corrected chi connectivity index (χ3v) is 6.83. The predicted molar refractivity (Wildman–Crippen MR) is 144 cm³/mol. The van der Waals surface area contributed by atoms with Crippen molar-refractivity contribution >= 4 is 21.5 Å². The highest BCUT2D eigenvalue weighted by Crippen LogP contribution is 2.47. The molecule has 0 saturated heterocycles. The number of nitrogens with zero attached hydrogens (tertiary/aromatic N) is 1. The van der Waals surface area contributed by atoms with Crippen molar-refractivity contribution in [3.63, 3.8) is 0 Å². The molecule has 40 heavy (non-hydrogen) atoms. The zero-order valence-electron chi connectivity index (χ0n) is 21.9. The molecule has 0 aliphatic heterocycles. The number of quaternary nitrogens is 1. The normalized spacial score (nSPS) is 12.8. The number of halogens is 6. The van der Waals surface area contributed by atoms with E-state index in [0.717, 1.165) is 17.5 Å². The molecule has 0 N–H and O–H groups in total. The Morgan fingerprint density at radius 1 is 0.625 bits per heavy atom. The molecule has 5 aromatic rings. The first kappa shape index (κ1) is 27.5. The van der Waals surface area contributed by atoms with Crippen molar-refractivity contribution in [3.05, 3.63) is 102 Å². The fourth-order valence-electron chi connectivity index (χ4n) is 5.19. The SMILES string of the molecule is C[N+](C)(C)Cc1c(-c2cc(C(F)(F)F)cc(C(F)(F)F)c2)cc2ccccc2c1-c1c([O-])ccc2ccccc12. The van der Waals surface area contributed by atoms with Gasteiger partial charge in [0, 0.05) is 5.56 Å². The van der Waals surface area contributed by atoms with Gasteiger partial charge < -0.3 is 9.59 Å². The number of benzene rings is 5. The van der Waals surface area contributed by atoms with Crippen molar-refractivity contribution < 1.29 is 35.9 Å². The van der Waals surface area contributed by atoms with Crippen LogP contribution in [0, 0.1) is 0 Å².